The molecule has 10 heteroatoms. The highest BCUT2D eigenvalue weighted by atomic mass is 32.1. The maximum absolute atomic E-state index is 13.1. The molecule has 34 heavy (non-hydrogen) atoms. The highest BCUT2D eigenvalue weighted by Crippen LogP contribution is 2.32. The smallest absolute Gasteiger partial charge is 0.252 e. The van der Waals surface area contributed by atoms with E-state index in [1.165, 1.54) is 11.3 Å². The average molecular weight is 482 g/mol. The highest BCUT2D eigenvalue weighted by molar-refractivity contribution is 7.18. The van der Waals surface area contributed by atoms with Crippen molar-refractivity contribution in [2.75, 3.05) is 31.1 Å². The fraction of sp³-hybridized carbons (Fsp3) is 0.333. The summed E-state index contributed by atoms with van der Waals surface area (Å²) < 4.78 is 10.6. The second kappa shape index (κ2) is 10.1. The molecule has 0 radical (unpaired) electrons. The number of ether oxygens (including phenoxy) is 2. The van der Waals surface area contributed by atoms with Gasteiger partial charge in [-0.1, -0.05) is 31.6 Å². The Morgan fingerprint density at radius 1 is 1.09 bits per heavy atom. The van der Waals surface area contributed by atoms with E-state index >= 15 is 0 Å². The first-order valence-electron chi connectivity index (χ1n) is 11.0. The number of hydrogen-bond donors (Lipinski definition) is 2. The lowest BCUT2D eigenvalue weighted by Gasteiger charge is -2.23. The molecule has 3 aromatic rings. The lowest BCUT2D eigenvalue weighted by atomic mass is 9.98. The Morgan fingerprint density at radius 3 is 2.53 bits per heavy atom. The molecule has 178 valence electrons. The van der Waals surface area contributed by atoms with Crippen LogP contribution in [0.15, 0.2) is 42.5 Å². The predicted molar refractivity (Wildman–Crippen MR) is 132 cm³/mol. The molecule has 0 saturated carbocycles. The maximum atomic E-state index is 13.1. The Morgan fingerprint density at radius 2 is 1.82 bits per heavy atom. The van der Waals surface area contributed by atoms with E-state index in [0.29, 0.717) is 33.6 Å². The molecule has 2 atom stereocenters. The Balaban J connectivity index is 1.45. The monoisotopic (exact) mass is 481 g/mol. The van der Waals surface area contributed by atoms with Gasteiger partial charge >= 0.3 is 0 Å². The summed E-state index contributed by atoms with van der Waals surface area (Å²) in [7, 11) is 3.96. The van der Waals surface area contributed by atoms with Gasteiger partial charge in [-0.2, -0.15) is 0 Å². The zero-order valence-corrected chi connectivity index (χ0v) is 20.3. The van der Waals surface area contributed by atoms with Gasteiger partial charge < -0.3 is 19.7 Å². The van der Waals surface area contributed by atoms with Crippen LogP contribution in [0, 0.1) is 5.92 Å². The van der Waals surface area contributed by atoms with Gasteiger partial charge in [0.25, 0.3) is 5.91 Å². The number of nitrogens with one attached hydrogen (secondary N) is 2. The summed E-state index contributed by atoms with van der Waals surface area (Å²) in [5.74, 6) is 0.309. The molecule has 2 heterocycles. The van der Waals surface area contributed by atoms with Crippen LogP contribution in [0.5, 0.6) is 11.5 Å². The van der Waals surface area contributed by atoms with Gasteiger partial charge in [0.1, 0.15) is 11.0 Å². The number of amides is 2. The number of hydrogen-bond acceptors (Lipinski definition) is 8. The molecule has 0 bridgehead atoms. The van der Waals surface area contributed by atoms with Gasteiger partial charge in [-0.25, -0.2) is 0 Å². The molecule has 0 spiro atoms. The van der Waals surface area contributed by atoms with Crippen molar-refractivity contribution >= 4 is 34.0 Å². The Labute approximate surface area is 202 Å². The van der Waals surface area contributed by atoms with E-state index in [1.54, 1.807) is 18.2 Å². The van der Waals surface area contributed by atoms with Crippen LogP contribution < -0.4 is 25.0 Å². The molecule has 1 aromatic heterocycles. The minimum atomic E-state index is -0.741. The van der Waals surface area contributed by atoms with Crippen molar-refractivity contribution in [3.05, 3.63) is 48.0 Å². The number of carbonyl (C=O) groups is 2. The van der Waals surface area contributed by atoms with Crippen LogP contribution in [0.4, 0.5) is 10.8 Å². The largest absolute Gasteiger partial charge is 0.454 e. The number of benzene rings is 2. The second-order valence-corrected chi connectivity index (χ2v) is 9.23. The molecule has 0 saturated heterocycles. The van der Waals surface area contributed by atoms with Crippen LogP contribution in [0.1, 0.15) is 30.6 Å². The van der Waals surface area contributed by atoms with Gasteiger partial charge in [-0.05, 0) is 48.4 Å². The summed E-state index contributed by atoms with van der Waals surface area (Å²) in [4.78, 5) is 28.0. The van der Waals surface area contributed by atoms with E-state index in [0.717, 1.165) is 11.3 Å². The molecule has 2 aromatic carbocycles. The quantitative estimate of drug-likeness (QED) is 0.504. The average Bonchev–Trinajstić information content (AvgIpc) is 3.51. The van der Waals surface area contributed by atoms with Crippen LogP contribution in [-0.4, -0.2) is 48.9 Å². The molecular formula is C24H27N5O4S. The minimum Gasteiger partial charge on any atom is -0.454 e. The normalized spacial score (nSPS) is 13.8. The predicted octanol–water partition coefficient (Wildman–Crippen LogP) is 3.78. The van der Waals surface area contributed by atoms with E-state index < -0.39 is 6.04 Å². The summed E-state index contributed by atoms with van der Waals surface area (Å²) in [6, 6.07) is 12.1. The van der Waals surface area contributed by atoms with Crippen LogP contribution >= 0.6 is 11.3 Å². The summed E-state index contributed by atoms with van der Waals surface area (Å²) in [5, 5.41) is 15.1. The fourth-order valence-corrected chi connectivity index (χ4v) is 4.19. The van der Waals surface area contributed by atoms with Crippen molar-refractivity contribution in [2.45, 2.75) is 26.3 Å². The Bertz CT molecular complexity index is 1180. The van der Waals surface area contributed by atoms with Crippen LogP contribution in [-0.2, 0) is 4.79 Å². The molecule has 0 fully saturated rings. The van der Waals surface area contributed by atoms with E-state index in [-0.39, 0.29) is 24.5 Å². The summed E-state index contributed by atoms with van der Waals surface area (Å²) >= 11 is 1.28. The standard InChI is InChI=1S/C24H27N5O4S/c1-5-14(2)20(25-21(30)16-8-11-18-19(12-16)33-13-32-18)22(31)26-24-28-27-23(34-24)15-6-9-17(10-7-15)29(3)4/h6-12,14,20H,5,13H2,1-4H3,(H,25,30)(H,26,28,31). The van der Waals surface area contributed by atoms with Crippen molar-refractivity contribution in [1.82, 2.24) is 15.5 Å². The summed E-state index contributed by atoms with van der Waals surface area (Å²) in [5.41, 5.74) is 2.39. The van der Waals surface area contributed by atoms with E-state index in [2.05, 4.69) is 20.8 Å². The first-order valence-corrected chi connectivity index (χ1v) is 11.8. The minimum absolute atomic E-state index is 0.0936. The van der Waals surface area contributed by atoms with Crippen molar-refractivity contribution in [3.63, 3.8) is 0 Å². The fourth-order valence-electron chi connectivity index (χ4n) is 3.44. The topological polar surface area (TPSA) is 106 Å². The van der Waals surface area contributed by atoms with E-state index in [9.17, 15) is 9.59 Å². The van der Waals surface area contributed by atoms with Gasteiger partial charge in [0.2, 0.25) is 17.8 Å². The van der Waals surface area contributed by atoms with Crippen molar-refractivity contribution in [3.8, 4) is 22.1 Å². The third kappa shape index (κ3) is 5.12. The van der Waals surface area contributed by atoms with Gasteiger partial charge in [0.05, 0.1) is 0 Å². The number of anilines is 2. The molecule has 1 aliphatic rings. The van der Waals surface area contributed by atoms with Crippen LogP contribution in [0.3, 0.4) is 0 Å². The summed E-state index contributed by atoms with van der Waals surface area (Å²) in [6.07, 6.45) is 0.707. The number of carbonyl (C=O) groups excluding carboxylic acids is 2. The molecular weight excluding hydrogens is 454 g/mol. The van der Waals surface area contributed by atoms with Crippen molar-refractivity contribution in [1.29, 1.82) is 0 Å². The zero-order chi connectivity index (χ0) is 24.2. The summed E-state index contributed by atoms with van der Waals surface area (Å²) in [6.45, 7) is 4.02. The van der Waals surface area contributed by atoms with Crippen molar-refractivity contribution in [2.24, 2.45) is 5.92 Å². The molecule has 0 aliphatic carbocycles. The SMILES string of the molecule is CCC(C)C(NC(=O)c1ccc2c(c1)OCO2)C(=O)Nc1nnc(-c2ccc(N(C)C)cc2)s1. The third-order valence-corrected chi connectivity index (χ3v) is 6.59. The lowest BCUT2D eigenvalue weighted by Crippen LogP contribution is -2.47. The lowest BCUT2D eigenvalue weighted by molar-refractivity contribution is -0.119. The number of rotatable bonds is 8. The number of nitrogens with zero attached hydrogens (tertiary/aromatic N) is 3. The maximum Gasteiger partial charge on any atom is 0.252 e. The van der Waals surface area contributed by atoms with Crippen LogP contribution in [0.25, 0.3) is 10.6 Å². The number of aromatic nitrogens is 2. The molecule has 4 rings (SSSR count). The van der Waals surface area contributed by atoms with Gasteiger partial charge in [-0.3, -0.25) is 14.9 Å². The van der Waals surface area contributed by atoms with Gasteiger partial charge in [0.15, 0.2) is 11.5 Å². The Hall–Kier alpha value is -3.66. The Kier molecular flexibility index (Phi) is 6.97. The van der Waals surface area contributed by atoms with Gasteiger partial charge in [0, 0.05) is 30.9 Å². The molecule has 1 aliphatic heterocycles. The van der Waals surface area contributed by atoms with E-state index in [4.69, 9.17) is 9.47 Å². The first-order chi connectivity index (χ1) is 16.4. The van der Waals surface area contributed by atoms with Gasteiger partial charge in [-0.15, -0.1) is 10.2 Å². The van der Waals surface area contributed by atoms with Crippen molar-refractivity contribution < 1.29 is 19.1 Å². The zero-order valence-electron chi connectivity index (χ0n) is 19.5. The highest BCUT2D eigenvalue weighted by Gasteiger charge is 2.28. The molecule has 2 amide bonds. The molecule has 2 unspecified atom stereocenters. The second-order valence-electron chi connectivity index (χ2n) is 8.25. The third-order valence-electron chi connectivity index (χ3n) is 5.70. The number of fused-ring (bicyclic) bond motifs is 1. The molecule has 2 N–H and O–H groups in total. The van der Waals surface area contributed by atoms with E-state index in [1.807, 2.05) is 57.1 Å². The first kappa shape index (κ1) is 23.5. The molecule has 9 nitrogen and oxygen atoms in total. The van der Waals surface area contributed by atoms with Crippen LogP contribution in [0.2, 0.25) is 0 Å².